The summed E-state index contributed by atoms with van der Waals surface area (Å²) in [7, 11) is 1.54. The molecule has 0 aliphatic carbocycles. The van der Waals surface area contributed by atoms with Crippen LogP contribution in [0.15, 0.2) is 24.3 Å². The van der Waals surface area contributed by atoms with Gasteiger partial charge < -0.3 is 25.4 Å². The molecular weight excluding hydrogens is 350 g/mol. The SMILES string of the molecule is COCCC(=O)NCc1cccc(NC(=O)CCNC(=O)OC(C)(C)C)c1. The molecular formula is C19H29N3O5. The average Bonchev–Trinajstić information content (AvgIpc) is 2.56. The Morgan fingerprint density at radius 3 is 2.44 bits per heavy atom. The highest BCUT2D eigenvalue weighted by atomic mass is 16.6. The zero-order valence-corrected chi connectivity index (χ0v) is 16.4. The van der Waals surface area contributed by atoms with Crippen molar-refractivity contribution in [2.45, 2.75) is 45.8 Å². The van der Waals surface area contributed by atoms with Crippen molar-refractivity contribution in [1.29, 1.82) is 0 Å². The van der Waals surface area contributed by atoms with Crippen molar-refractivity contribution in [2.24, 2.45) is 0 Å². The summed E-state index contributed by atoms with van der Waals surface area (Å²) in [6.45, 7) is 6.23. The molecule has 8 heteroatoms. The third-order valence-electron chi connectivity index (χ3n) is 3.25. The Labute approximate surface area is 160 Å². The summed E-state index contributed by atoms with van der Waals surface area (Å²) in [6, 6.07) is 7.20. The summed E-state index contributed by atoms with van der Waals surface area (Å²) in [5.41, 5.74) is 0.914. The lowest BCUT2D eigenvalue weighted by Gasteiger charge is -2.19. The van der Waals surface area contributed by atoms with Crippen molar-refractivity contribution in [2.75, 3.05) is 25.6 Å². The van der Waals surface area contributed by atoms with Gasteiger partial charge in [0.05, 0.1) is 6.61 Å². The molecule has 0 radical (unpaired) electrons. The highest BCUT2D eigenvalue weighted by Gasteiger charge is 2.15. The second kappa shape index (κ2) is 11.2. The van der Waals surface area contributed by atoms with Gasteiger partial charge in [-0.15, -0.1) is 0 Å². The maximum atomic E-state index is 12.0. The number of ether oxygens (including phenoxy) is 2. The second-order valence-corrected chi connectivity index (χ2v) is 6.95. The highest BCUT2D eigenvalue weighted by molar-refractivity contribution is 5.91. The summed E-state index contributed by atoms with van der Waals surface area (Å²) < 4.78 is 9.96. The monoisotopic (exact) mass is 379 g/mol. The third-order valence-corrected chi connectivity index (χ3v) is 3.25. The van der Waals surface area contributed by atoms with Crippen molar-refractivity contribution in [3.8, 4) is 0 Å². The van der Waals surface area contributed by atoms with Crippen LogP contribution >= 0.6 is 0 Å². The van der Waals surface area contributed by atoms with Crippen LogP contribution in [0.5, 0.6) is 0 Å². The first-order valence-electron chi connectivity index (χ1n) is 8.81. The van der Waals surface area contributed by atoms with E-state index < -0.39 is 11.7 Å². The Morgan fingerprint density at radius 2 is 1.78 bits per heavy atom. The van der Waals surface area contributed by atoms with Crippen LogP contribution in [0.1, 0.15) is 39.2 Å². The molecule has 8 nitrogen and oxygen atoms in total. The number of benzene rings is 1. The third kappa shape index (κ3) is 10.9. The molecule has 0 heterocycles. The first kappa shape index (κ1) is 22.4. The molecule has 0 bridgehead atoms. The first-order chi connectivity index (χ1) is 12.7. The number of carbonyl (C=O) groups is 3. The summed E-state index contributed by atoms with van der Waals surface area (Å²) in [5, 5.41) is 8.09. The van der Waals surface area contributed by atoms with Gasteiger partial charge in [-0.3, -0.25) is 9.59 Å². The van der Waals surface area contributed by atoms with Gasteiger partial charge in [0.25, 0.3) is 0 Å². The lowest BCUT2D eigenvalue weighted by atomic mass is 10.2. The summed E-state index contributed by atoms with van der Waals surface area (Å²) in [5.74, 6) is -0.327. The number of methoxy groups -OCH3 is 1. The molecule has 0 aliphatic heterocycles. The minimum atomic E-state index is -0.578. The van der Waals surface area contributed by atoms with E-state index in [0.29, 0.717) is 25.3 Å². The number of amides is 3. The molecule has 3 amide bonds. The van der Waals surface area contributed by atoms with Gasteiger partial charge in [-0.05, 0) is 38.5 Å². The van der Waals surface area contributed by atoms with Gasteiger partial charge in [-0.1, -0.05) is 12.1 Å². The van der Waals surface area contributed by atoms with E-state index in [1.54, 1.807) is 46.1 Å². The lowest BCUT2D eigenvalue weighted by Crippen LogP contribution is -2.34. The second-order valence-electron chi connectivity index (χ2n) is 6.95. The molecule has 1 aromatic carbocycles. The minimum absolute atomic E-state index is 0.0977. The van der Waals surface area contributed by atoms with Gasteiger partial charge in [-0.2, -0.15) is 0 Å². The Hall–Kier alpha value is -2.61. The van der Waals surface area contributed by atoms with Gasteiger partial charge in [0, 0.05) is 38.7 Å². The summed E-state index contributed by atoms with van der Waals surface area (Å²) in [4.78, 5) is 35.1. The number of carbonyl (C=O) groups excluding carboxylic acids is 3. The van der Waals surface area contributed by atoms with Crippen LogP contribution in [-0.4, -0.2) is 43.8 Å². The van der Waals surface area contributed by atoms with Crippen molar-refractivity contribution < 1.29 is 23.9 Å². The zero-order valence-electron chi connectivity index (χ0n) is 16.4. The van der Waals surface area contributed by atoms with E-state index in [2.05, 4.69) is 16.0 Å². The van der Waals surface area contributed by atoms with E-state index in [-0.39, 0.29) is 24.8 Å². The number of hydrogen-bond donors (Lipinski definition) is 3. The van der Waals surface area contributed by atoms with Crippen LogP contribution in [0.4, 0.5) is 10.5 Å². The Morgan fingerprint density at radius 1 is 1.04 bits per heavy atom. The first-order valence-corrected chi connectivity index (χ1v) is 8.81. The molecule has 0 atom stereocenters. The minimum Gasteiger partial charge on any atom is -0.444 e. The Kier molecular flexibility index (Phi) is 9.29. The standard InChI is InChI=1S/C19H29N3O5/c1-19(2,3)27-18(25)20-10-8-17(24)22-15-7-5-6-14(12-15)13-21-16(23)9-11-26-4/h5-7,12H,8-11,13H2,1-4H3,(H,20,25)(H,21,23)(H,22,24). The molecule has 0 saturated heterocycles. The van der Waals surface area contributed by atoms with Crippen LogP contribution in [-0.2, 0) is 25.6 Å². The molecule has 3 N–H and O–H groups in total. The number of rotatable bonds is 9. The molecule has 27 heavy (non-hydrogen) atoms. The van der Waals surface area contributed by atoms with Crippen molar-refractivity contribution in [3.05, 3.63) is 29.8 Å². The number of hydrogen-bond acceptors (Lipinski definition) is 5. The molecule has 0 aromatic heterocycles. The predicted octanol–water partition coefficient (Wildman–Crippen LogP) is 2.19. The quantitative estimate of drug-likeness (QED) is 0.610. The van der Waals surface area contributed by atoms with E-state index in [9.17, 15) is 14.4 Å². The molecule has 0 saturated carbocycles. The fourth-order valence-electron chi connectivity index (χ4n) is 2.06. The van der Waals surface area contributed by atoms with Gasteiger partial charge in [0.2, 0.25) is 11.8 Å². The molecule has 1 rings (SSSR count). The van der Waals surface area contributed by atoms with Gasteiger partial charge in [0.15, 0.2) is 0 Å². The Balaban J connectivity index is 2.38. The van der Waals surface area contributed by atoms with E-state index in [1.165, 1.54) is 0 Å². The van der Waals surface area contributed by atoms with Crippen LogP contribution in [0, 0.1) is 0 Å². The normalized spacial score (nSPS) is 10.8. The maximum absolute atomic E-state index is 12.0. The van der Waals surface area contributed by atoms with Gasteiger partial charge in [-0.25, -0.2) is 4.79 Å². The van der Waals surface area contributed by atoms with E-state index in [1.807, 2.05) is 6.07 Å². The van der Waals surface area contributed by atoms with E-state index in [0.717, 1.165) is 5.56 Å². The van der Waals surface area contributed by atoms with E-state index in [4.69, 9.17) is 9.47 Å². The molecule has 0 unspecified atom stereocenters. The van der Waals surface area contributed by atoms with Crippen LogP contribution < -0.4 is 16.0 Å². The smallest absolute Gasteiger partial charge is 0.407 e. The largest absolute Gasteiger partial charge is 0.444 e. The molecule has 150 valence electrons. The highest BCUT2D eigenvalue weighted by Crippen LogP contribution is 2.11. The zero-order chi connectivity index (χ0) is 20.3. The van der Waals surface area contributed by atoms with Crippen molar-refractivity contribution >= 4 is 23.6 Å². The summed E-state index contributed by atoms with van der Waals surface area (Å²) in [6.07, 6.45) is -0.129. The van der Waals surface area contributed by atoms with Crippen LogP contribution in [0.25, 0.3) is 0 Å². The molecule has 1 aromatic rings. The van der Waals surface area contributed by atoms with Gasteiger partial charge in [0.1, 0.15) is 5.60 Å². The van der Waals surface area contributed by atoms with Crippen molar-refractivity contribution in [3.63, 3.8) is 0 Å². The number of alkyl carbamates (subject to hydrolysis) is 1. The Bertz CT molecular complexity index is 640. The van der Waals surface area contributed by atoms with Crippen molar-refractivity contribution in [1.82, 2.24) is 10.6 Å². The maximum Gasteiger partial charge on any atom is 0.407 e. The lowest BCUT2D eigenvalue weighted by molar-refractivity contribution is -0.122. The molecule has 0 aliphatic rings. The number of nitrogens with one attached hydrogen (secondary N) is 3. The fraction of sp³-hybridized carbons (Fsp3) is 0.526. The average molecular weight is 379 g/mol. The van der Waals surface area contributed by atoms with E-state index >= 15 is 0 Å². The molecule has 0 spiro atoms. The van der Waals surface area contributed by atoms with Gasteiger partial charge >= 0.3 is 6.09 Å². The number of anilines is 1. The molecule has 0 fully saturated rings. The van der Waals surface area contributed by atoms with Crippen LogP contribution in [0.3, 0.4) is 0 Å². The van der Waals surface area contributed by atoms with Crippen LogP contribution in [0.2, 0.25) is 0 Å². The summed E-state index contributed by atoms with van der Waals surface area (Å²) >= 11 is 0. The fourth-order valence-corrected chi connectivity index (χ4v) is 2.06. The topological polar surface area (TPSA) is 106 Å². The predicted molar refractivity (Wildman–Crippen MR) is 102 cm³/mol.